The van der Waals surface area contributed by atoms with Crippen LogP contribution in [0.15, 0.2) is 29.6 Å². The molecule has 16 heavy (non-hydrogen) atoms. The average Bonchev–Trinajstić information content (AvgIpc) is 2.70. The minimum Gasteiger partial charge on any atom is -0.478 e. The molecule has 2 nitrogen and oxygen atoms in total. The van der Waals surface area contributed by atoms with Gasteiger partial charge in [0.25, 0.3) is 0 Å². The first-order chi connectivity index (χ1) is 7.61. The molecule has 0 saturated heterocycles. The van der Waals surface area contributed by atoms with Crippen LogP contribution in [0.1, 0.15) is 10.4 Å². The Morgan fingerprint density at radius 2 is 2.00 bits per heavy atom. The summed E-state index contributed by atoms with van der Waals surface area (Å²) in [6, 6.07) is 5.06. The Labute approximate surface area is 93.8 Å². The van der Waals surface area contributed by atoms with Crippen LogP contribution in [0.2, 0.25) is 0 Å². The van der Waals surface area contributed by atoms with Crippen LogP contribution in [0.3, 0.4) is 0 Å². The van der Waals surface area contributed by atoms with Gasteiger partial charge in [-0.3, -0.25) is 0 Å². The number of carboxylic acid groups (broad SMARTS) is 1. The predicted octanol–water partition coefficient (Wildman–Crippen LogP) is 3.39. The largest absolute Gasteiger partial charge is 0.478 e. The minimum atomic E-state index is -1.15. The third-order valence-corrected chi connectivity index (χ3v) is 3.04. The molecule has 1 heterocycles. The van der Waals surface area contributed by atoms with Gasteiger partial charge in [0.15, 0.2) is 11.6 Å². The van der Waals surface area contributed by atoms with Crippen molar-refractivity contribution in [3.63, 3.8) is 0 Å². The Morgan fingerprint density at radius 3 is 2.69 bits per heavy atom. The topological polar surface area (TPSA) is 37.3 Å². The first kappa shape index (κ1) is 10.8. The van der Waals surface area contributed by atoms with Crippen molar-refractivity contribution in [3.05, 3.63) is 46.8 Å². The molecular weight excluding hydrogens is 234 g/mol. The Bertz CT molecular complexity index is 549. The highest BCUT2D eigenvalue weighted by atomic mass is 32.1. The number of benzene rings is 1. The van der Waals surface area contributed by atoms with Crippen molar-refractivity contribution in [1.29, 1.82) is 0 Å². The van der Waals surface area contributed by atoms with Gasteiger partial charge in [0.2, 0.25) is 0 Å². The number of hydrogen-bond acceptors (Lipinski definition) is 2. The smallest absolute Gasteiger partial charge is 0.337 e. The Kier molecular flexibility index (Phi) is 2.70. The van der Waals surface area contributed by atoms with Crippen molar-refractivity contribution in [2.24, 2.45) is 0 Å². The summed E-state index contributed by atoms with van der Waals surface area (Å²) in [6.45, 7) is 0. The fourth-order valence-corrected chi connectivity index (χ4v) is 2.27. The molecule has 0 aliphatic carbocycles. The standard InChI is InChI=1S/C11H6F2O2S/c12-8-3-1-2-6(9(8)13)10-7(11(14)15)4-5-16-10/h1-5H,(H,14,15). The summed E-state index contributed by atoms with van der Waals surface area (Å²) < 4.78 is 26.4. The number of aromatic carboxylic acids is 1. The van der Waals surface area contributed by atoms with Crippen molar-refractivity contribution >= 4 is 17.3 Å². The van der Waals surface area contributed by atoms with Crippen LogP contribution in [0.4, 0.5) is 8.78 Å². The van der Waals surface area contributed by atoms with E-state index in [0.29, 0.717) is 0 Å². The summed E-state index contributed by atoms with van der Waals surface area (Å²) in [7, 11) is 0. The van der Waals surface area contributed by atoms with Crippen molar-refractivity contribution in [3.8, 4) is 10.4 Å². The van der Waals surface area contributed by atoms with Gasteiger partial charge in [-0.25, -0.2) is 13.6 Å². The number of hydrogen-bond donors (Lipinski definition) is 1. The van der Waals surface area contributed by atoms with Crippen LogP contribution >= 0.6 is 11.3 Å². The van der Waals surface area contributed by atoms with Gasteiger partial charge < -0.3 is 5.11 Å². The number of thiophene rings is 1. The molecule has 5 heteroatoms. The molecule has 2 rings (SSSR count). The molecule has 2 aromatic rings. The molecule has 0 spiro atoms. The average molecular weight is 240 g/mol. The molecule has 1 aromatic carbocycles. The fraction of sp³-hybridized carbons (Fsp3) is 0. The van der Waals surface area contributed by atoms with Gasteiger partial charge >= 0.3 is 5.97 Å². The third kappa shape index (κ3) is 1.69. The highest BCUT2D eigenvalue weighted by molar-refractivity contribution is 7.14. The Balaban J connectivity index is 2.63. The minimum absolute atomic E-state index is 0.0190. The SMILES string of the molecule is O=C(O)c1ccsc1-c1cccc(F)c1F. The van der Waals surface area contributed by atoms with Gasteiger partial charge in [0.05, 0.1) is 10.4 Å². The van der Waals surface area contributed by atoms with E-state index in [9.17, 15) is 13.6 Å². The number of halogens is 2. The van der Waals surface area contributed by atoms with E-state index in [2.05, 4.69) is 0 Å². The van der Waals surface area contributed by atoms with Crippen LogP contribution < -0.4 is 0 Å². The molecule has 0 unspecified atom stereocenters. The van der Waals surface area contributed by atoms with Gasteiger partial charge in [-0.2, -0.15) is 0 Å². The van der Waals surface area contributed by atoms with Gasteiger partial charge in [-0.1, -0.05) is 12.1 Å². The molecular formula is C11H6F2O2S. The summed E-state index contributed by atoms with van der Waals surface area (Å²) in [5.74, 6) is -3.16. The maximum atomic E-state index is 13.4. The summed E-state index contributed by atoms with van der Waals surface area (Å²) >= 11 is 1.07. The first-order valence-corrected chi connectivity index (χ1v) is 5.24. The third-order valence-electron chi connectivity index (χ3n) is 2.09. The van der Waals surface area contributed by atoms with Crippen molar-refractivity contribution in [1.82, 2.24) is 0 Å². The van der Waals surface area contributed by atoms with Crippen LogP contribution in [0.25, 0.3) is 10.4 Å². The maximum Gasteiger partial charge on any atom is 0.337 e. The molecule has 0 atom stereocenters. The molecule has 0 radical (unpaired) electrons. The molecule has 82 valence electrons. The van der Waals surface area contributed by atoms with Crippen molar-refractivity contribution in [2.45, 2.75) is 0 Å². The zero-order valence-electron chi connectivity index (χ0n) is 7.91. The number of rotatable bonds is 2. The van der Waals surface area contributed by atoms with Gasteiger partial charge in [0, 0.05) is 5.56 Å². The number of carboxylic acids is 1. The summed E-state index contributed by atoms with van der Waals surface area (Å²) in [5.41, 5.74) is -0.0399. The first-order valence-electron chi connectivity index (χ1n) is 4.36. The molecule has 0 aliphatic heterocycles. The highest BCUT2D eigenvalue weighted by Gasteiger charge is 2.17. The van der Waals surface area contributed by atoms with Gasteiger partial charge in [-0.05, 0) is 17.5 Å². The monoisotopic (exact) mass is 240 g/mol. The van der Waals surface area contributed by atoms with Gasteiger partial charge in [0.1, 0.15) is 0 Å². The second-order valence-electron chi connectivity index (χ2n) is 3.07. The summed E-state index contributed by atoms with van der Waals surface area (Å²) in [6.07, 6.45) is 0. The maximum absolute atomic E-state index is 13.4. The van der Waals surface area contributed by atoms with E-state index in [1.165, 1.54) is 23.6 Å². The second kappa shape index (κ2) is 4.02. The van der Waals surface area contributed by atoms with Crippen LogP contribution in [0, 0.1) is 11.6 Å². The van der Waals surface area contributed by atoms with E-state index in [1.807, 2.05) is 0 Å². The van der Waals surface area contributed by atoms with Crippen LogP contribution in [0.5, 0.6) is 0 Å². The van der Waals surface area contributed by atoms with E-state index in [0.717, 1.165) is 17.4 Å². The Hall–Kier alpha value is -1.75. The lowest BCUT2D eigenvalue weighted by Crippen LogP contribution is -1.97. The van der Waals surface area contributed by atoms with Crippen LogP contribution in [-0.2, 0) is 0 Å². The molecule has 0 amide bonds. The lowest BCUT2D eigenvalue weighted by atomic mass is 10.1. The molecule has 0 fully saturated rings. The van der Waals surface area contributed by atoms with Crippen molar-refractivity contribution < 1.29 is 18.7 Å². The molecule has 1 N–H and O–H groups in total. The van der Waals surface area contributed by atoms with E-state index in [4.69, 9.17) is 5.11 Å². The predicted molar refractivity (Wildman–Crippen MR) is 56.6 cm³/mol. The lowest BCUT2D eigenvalue weighted by Gasteiger charge is -2.02. The summed E-state index contributed by atoms with van der Waals surface area (Å²) in [4.78, 5) is 11.1. The summed E-state index contributed by atoms with van der Waals surface area (Å²) in [5, 5.41) is 10.4. The lowest BCUT2D eigenvalue weighted by molar-refractivity contribution is 0.0698. The Morgan fingerprint density at radius 1 is 1.25 bits per heavy atom. The zero-order chi connectivity index (χ0) is 11.7. The number of carbonyl (C=O) groups is 1. The van der Waals surface area contributed by atoms with E-state index in [1.54, 1.807) is 0 Å². The zero-order valence-corrected chi connectivity index (χ0v) is 8.72. The fourth-order valence-electron chi connectivity index (χ4n) is 1.37. The molecule has 0 saturated carbocycles. The van der Waals surface area contributed by atoms with Crippen LogP contribution in [-0.4, -0.2) is 11.1 Å². The molecule has 0 bridgehead atoms. The van der Waals surface area contributed by atoms with E-state index < -0.39 is 17.6 Å². The second-order valence-corrected chi connectivity index (χ2v) is 3.99. The van der Waals surface area contributed by atoms with Crippen molar-refractivity contribution in [2.75, 3.05) is 0 Å². The van der Waals surface area contributed by atoms with E-state index in [-0.39, 0.29) is 16.0 Å². The molecule has 0 aliphatic rings. The normalized spacial score (nSPS) is 10.4. The molecule has 1 aromatic heterocycles. The van der Waals surface area contributed by atoms with Gasteiger partial charge in [-0.15, -0.1) is 11.3 Å². The van der Waals surface area contributed by atoms with E-state index >= 15 is 0 Å². The quantitative estimate of drug-likeness (QED) is 0.873. The highest BCUT2D eigenvalue weighted by Crippen LogP contribution is 2.32.